The van der Waals surface area contributed by atoms with Crippen LogP contribution in [0.4, 0.5) is 0 Å². The summed E-state index contributed by atoms with van der Waals surface area (Å²) in [7, 11) is 1.28. The van der Waals surface area contributed by atoms with Gasteiger partial charge in [-0.15, -0.1) is 0 Å². The number of ketones is 2. The molecule has 1 aromatic heterocycles. The third-order valence-electron chi connectivity index (χ3n) is 4.51. The standard InChI is InChI=1S/C19H21N3O4/c1-26-18(25)10-9-16(24)19-14(7-4-8-15(19)23)20-11-17-21-12-5-2-3-6-13(12)22-17/h2-3,5-6,19H,4,7-11H2,1H3,(H,21,22)/t19-/m0/s1. The molecule has 0 unspecified atom stereocenters. The summed E-state index contributed by atoms with van der Waals surface area (Å²) in [5.74, 6) is -0.976. The van der Waals surface area contributed by atoms with E-state index in [-0.39, 0.29) is 31.0 Å². The zero-order valence-corrected chi connectivity index (χ0v) is 14.7. The van der Waals surface area contributed by atoms with E-state index in [2.05, 4.69) is 19.7 Å². The zero-order valence-electron chi connectivity index (χ0n) is 14.7. The van der Waals surface area contributed by atoms with Crippen molar-refractivity contribution in [3.05, 3.63) is 30.1 Å². The predicted octanol–water partition coefficient (Wildman–Crippen LogP) is 2.40. The Labute approximate surface area is 150 Å². The number of nitrogens with one attached hydrogen (secondary N) is 1. The van der Waals surface area contributed by atoms with Crippen molar-refractivity contribution in [2.24, 2.45) is 10.9 Å². The predicted molar refractivity (Wildman–Crippen MR) is 95.8 cm³/mol. The van der Waals surface area contributed by atoms with E-state index in [0.29, 0.717) is 30.8 Å². The Bertz CT molecular complexity index is 836. The van der Waals surface area contributed by atoms with Gasteiger partial charge in [0.1, 0.15) is 23.3 Å². The Balaban J connectivity index is 1.74. The normalized spacial score (nSPS) is 19.0. The largest absolute Gasteiger partial charge is 0.469 e. The van der Waals surface area contributed by atoms with E-state index in [9.17, 15) is 14.4 Å². The lowest BCUT2D eigenvalue weighted by molar-refractivity contribution is -0.142. The third kappa shape index (κ3) is 4.04. The number of carbonyl (C=O) groups is 3. The minimum atomic E-state index is -0.835. The van der Waals surface area contributed by atoms with Crippen molar-refractivity contribution in [3.63, 3.8) is 0 Å². The monoisotopic (exact) mass is 355 g/mol. The van der Waals surface area contributed by atoms with Gasteiger partial charge in [-0.05, 0) is 25.0 Å². The summed E-state index contributed by atoms with van der Waals surface area (Å²) in [4.78, 5) is 48.2. The third-order valence-corrected chi connectivity index (χ3v) is 4.51. The molecule has 1 fully saturated rings. The molecule has 0 saturated heterocycles. The average Bonchev–Trinajstić information content (AvgIpc) is 3.07. The second-order valence-electron chi connectivity index (χ2n) is 6.30. The lowest BCUT2D eigenvalue weighted by Crippen LogP contribution is -2.35. The minimum Gasteiger partial charge on any atom is -0.469 e. The highest BCUT2D eigenvalue weighted by molar-refractivity contribution is 6.22. The molecule has 1 aromatic carbocycles. The summed E-state index contributed by atoms with van der Waals surface area (Å²) in [6.45, 7) is 0.290. The van der Waals surface area contributed by atoms with Crippen LogP contribution in [0.25, 0.3) is 11.0 Å². The first-order valence-corrected chi connectivity index (χ1v) is 8.67. The van der Waals surface area contributed by atoms with E-state index in [4.69, 9.17) is 0 Å². The summed E-state index contributed by atoms with van der Waals surface area (Å²) in [6, 6.07) is 7.68. The van der Waals surface area contributed by atoms with Crippen LogP contribution in [0.3, 0.4) is 0 Å². The van der Waals surface area contributed by atoms with Gasteiger partial charge in [-0.3, -0.25) is 19.4 Å². The fourth-order valence-electron chi connectivity index (χ4n) is 3.18. The number of carbonyl (C=O) groups excluding carboxylic acids is 3. The molecule has 26 heavy (non-hydrogen) atoms. The number of hydrogen-bond donors (Lipinski definition) is 1. The number of aromatic nitrogens is 2. The van der Waals surface area contributed by atoms with E-state index < -0.39 is 11.9 Å². The molecule has 1 atom stereocenters. The van der Waals surface area contributed by atoms with Gasteiger partial charge in [-0.25, -0.2) is 4.98 Å². The van der Waals surface area contributed by atoms with Gasteiger partial charge in [-0.2, -0.15) is 0 Å². The molecule has 2 aromatic rings. The highest BCUT2D eigenvalue weighted by Crippen LogP contribution is 2.22. The molecule has 0 spiro atoms. The smallest absolute Gasteiger partial charge is 0.305 e. The van der Waals surface area contributed by atoms with Gasteiger partial charge in [0.2, 0.25) is 0 Å². The number of aromatic amines is 1. The first-order valence-electron chi connectivity index (χ1n) is 8.67. The molecule has 0 bridgehead atoms. The first kappa shape index (κ1) is 18.0. The van der Waals surface area contributed by atoms with Crippen LogP contribution in [0.2, 0.25) is 0 Å². The number of imidazole rings is 1. The van der Waals surface area contributed by atoms with Gasteiger partial charge < -0.3 is 9.72 Å². The second kappa shape index (κ2) is 8.03. The Hall–Kier alpha value is -2.83. The SMILES string of the molecule is COC(=O)CCC(=O)[C@@H]1C(=O)CCCC1=NCc1nc2ccccc2[nH]1. The van der Waals surface area contributed by atoms with Crippen LogP contribution in [0.15, 0.2) is 29.3 Å². The number of rotatable bonds is 6. The van der Waals surface area contributed by atoms with E-state index in [0.717, 1.165) is 11.0 Å². The number of Topliss-reactive ketones (excluding diaryl/α,β-unsaturated/α-hetero) is 2. The highest BCUT2D eigenvalue weighted by atomic mass is 16.5. The molecular weight excluding hydrogens is 334 g/mol. The minimum absolute atomic E-state index is 0.00720. The number of ether oxygens (including phenoxy) is 1. The Morgan fingerprint density at radius 2 is 2.08 bits per heavy atom. The molecule has 7 heteroatoms. The lowest BCUT2D eigenvalue weighted by atomic mass is 9.82. The summed E-state index contributed by atoms with van der Waals surface area (Å²) >= 11 is 0. The average molecular weight is 355 g/mol. The molecule has 0 amide bonds. The first-order chi connectivity index (χ1) is 12.6. The van der Waals surface area contributed by atoms with Crippen molar-refractivity contribution in [1.82, 2.24) is 9.97 Å². The number of fused-ring (bicyclic) bond motifs is 1. The van der Waals surface area contributed by atoms with Crippen LogP contribution >= 0.6 is 0 Å². The molecule has 0 aliphatic heterocycles. The molecule has 1 heterocycles. The summed E-state index contributed by atoms with van der Waals surface area (Å²) < 4.78 is 4.56. The fourth-order valence-corrected chi connectivity index (χ4v) is 3.18. The van der Waals surface area contributed by atoms with Gasteiger partial charge >= 0.3 is 5.97 Å². The fraction of sp³-hybridized carbons (Fsp3) is 0.421. The summed E-state index contributed by atoms with van der Waals surface area (Å²) in [5, 5.41) is 0. The van der Waals surface area contributed by atoms with Gasteiger partial charge in [0, 0.05) is 18.6 Å². The van der Waals surface area contributed by atoms with Gasteiger partial charge in [0.25, 0.3) is 0 Å². The van der Waals surface area contributed by atoms with Crippen molar-refractivity contribution in [3.8, 4) is 0 Å². The van der Waals surface area contributed by atoms with Crippen LogP contribution in [0.1, 0.15) is 37.9 Å². The number of para-hydroxylation sites is 2. The quantitative estimate of drug-likeness (QED) is 0.633. The maximum Gasteiger partial charge on any atom is 0.305 e. The Morgan fingerprint density at radius 3 is 2.85 bits per heavy atom. The molecule has 1 saturated carbocycles. The van der Waals surface area contributed by atoms with E-state index >= 15 is 0 Å². The van der Waals surface area contributed by atoms with Gasteiger partial charge in [-0.1, -0.05) is 12.1 Å². The molecule has 7 nitrogen and oxygen atoms in total. The number of esters is 1. The van der Waals surface area contributed by atoms with Gasteiger partial charge in [0.15, 0.2) is 0 Å². The van der Waals surface area contributed by atoms with Crippen LogP contribution in [0.5, 0.6) is 0 Å². The number of H-pyrrole nitrogens is 1. The molecule has 3 rings (SSSR count). The maximum absolute atomic E-state index is 12.5. The molecule has 1 aliphatic carbocycles. The molecular formula is C19H21N3O4. The highest BCUT2D eigenvalue weighted by Gasteiger charge is 2.34. The van der Waals surface area contributed by atoms with Crippen molar-refractivity contribution in [2.75, 3.05) is 7.11 Å². The van der Waals surface area contributed by atoms with E-state index in [1.54, 1.807) is 0 Å². The number of nitrogens with zero attached hydrogens (tertiary/aromatic N) is 2. The second-order valence-corrected chi connectivity index (χ2v) is 6.30. The van der Waals surface area contributed by atoms with Crippen molar-refractivity contribution in [2.45, 2.75) is 38.6 Å². The number of methoxy groups -OCH3 is 1. The number of hydrogen-bond acceptors (Lipinski definition) is 6. The molecule has 1 N–H and O–H groups in total. The van der Waals surface area contributed by atoms with E-state index in [1.165, 1.54) is 7.11 Å². The topological polar surface area (TPSA) is 101 Å². The van der Waals surface area contributed by atoms with E-state index in [1.807, 2.05) is 24.3 Å². The van der Waals surface area contributed by atoms with Gasteiger partial charge in [0.05, 0.1) is 31.1 Å². The van der Waals surface area contributed by atoms with Crippen LogP contribution in [-0.2, 0) is 25.7 Å². The van der Waals surface area contributed by atoms with Crippen molar-refractivity contribution < 1.29 is 19.1 Å². The Morgan fingerprint density at radius 1 is 1.27 bits per heavy atom. The molecule has 136 valence electrons. The van der Waals surface area contributed by atoms with Crippen LogP contribution in [-0.4, -0.2) is 40.3 Å². The summed E-state index contributed by atoms with van der Waals surface area (Å²) in [5.41, 5.74) is 2.37. The zero-order chi connectivity index (χ0) is 18.5. The molecule has 0 radical (unpaired) electrons. The Kier molecular flexibility index (Phi) is 5.55. The van der Waals surface area contributed by atoms with Crippen molar-refractivity contribution in [1.29, 1.82) is 0 Å². The summed E-state index contributed by atoms with van der Waals surface area (Å²) in [6.07, 6.45) is 1.65. The molecule has 1 aliphatic rings. The van der Waals surface area contributed by atoms with Crippen molar-refractivity contribution >= 4 is 34.3 Å². The van der Waals surface area contributed by atoms with Crippen LogP contribution < -0.4 is 0 Å². The maximum atomic E-state index is 12.5. The lowest BCUT2D eigenvalue weighted by Gasteiger charge is -2.22. The number of benzene rings is 1. The van der Waals surface area contributed by atoms with Crippen LogP contribution in [0, 0.1) is 5.92 Å². The number of aliphatic imine (C=N–C) groups is 1.